The van der Waals surface area contributed by atoms with Crippen LogP contribution in [-0.2, 0) is 19.2 Å². The highest BCUT2D eigenvalue weighted by Gasteiger charge is 2.52. The SMILES string of the molecule is C=C(COOC)C1CCC(OC2CCC3OC23)C1O. The summed E-state index contributed by atoms with van der Waals surface area (Å²) in [5, 5.41) is 10.4. The summed E-state index contributed by atoms with van der Waals surface area (Å²) in [6, 6.07) is 0. The molecule has 1 saturated heterocycles. The molecule has 2 aliphatic carbocycles. The van der Waals surface area contributed by atoms with Gasteiger partial charge in [0.25, 0.3) is 0 Å². The van der Waals surface area contributed by atoms with E-state index in [1.807, 2.05) is 0 Å². The number of aliphatic hydroxyl groups excluding tert-OH is 1. The second-order valence-electron chi connectivity index (χ2n) is 5.69. The Hall–Kier alpha value is -0.460. The summed E-state index contributed by atoms with van der Waals surface area (Å²) in [5.74, 6) is 0.0393. The summed E-state index contributed by atoms with van der Waals surface area (Å²) < 4.78 is 11.5. The first-order valence-corrected chi connectivity index (χ1v) is 7.03. The van der Waals surface area contributed by atoms with E-state index in [9.17, 15) is 5.11 Å². The van der Waals surface area contributed by atoms with Gasteiger partial charge in [0.05, 0.1) is 31.5 Å². The van der Waals surface area contributed by atoms with E-state index in [2.05, 4.69) is 11.5 Å². The fraction of sp³-hybridized carbons (Fsp3) is 0.857. The van der Waals surface area contributed by atoms with Crippen LogP contribution >= 0.6 is 0 Å². The molecular weight excluding hydrogens is 248 g/mol. The molecule has 1 N–H and O–H groups in total. The van der Waals surface area contributed by atoms with Crippen LogP contribution in [0.3, 0.4) is 0 Å². The van der Waals surface area contributed by atoms with Gasteiger partial charge in [-0.05, 0) is 31.3 Å². The average molecular weight is 270 g/mol. The highest BCUT2D eigenvalue weighted by molar-refractivity contribution is 5.09. The molecule has 2 saturated carbocycles. The number of hydrogen-bond acceptors (Lipinski definition) is 5. The fourth-order valence-corrected chi connectivity index (χ4v) is 3.36. The predicted octanol–water partition coefficient (Wildman–Crippen LogP) is 1.21. The van der Waals surface area contributed by atoms with Crippen LogP contribution < -0.4 is 0 Å². The van der Waals surface area contributed by atoms with Gasteiger partial charge in [-0.1, -0.05) is 6.58 Å². The lowest BCUT2D eigenvalue weighted by Gasteiger charge is -2.24. The van der Waals surface area contributed by atoms with Crippen molar-refractivity contribution in [2.24, 2.45) is 5.92 Å². The molecular formula is C14H22O5. The smallest absolute Gasteiger partial charge is 0.110 e. The van der Waals surface area contributed by atoms with Crippen molar-refractivity contribution < 1.29 is 24.4 Å². The summed E-state index contributed by atoms with van der Waals surface area (Å²) >= 11 is 0. The van der Waals surface area contributed by atoms with Gasteiger partial charge in [-0.2, -0.15) is 0 Å². The van der Waals surface area contributed by atoms with E-state index in [1.165, 1.54) is 7.11 Å². The minimum Gasteiger partial charge on any atom is -0.390 e. The van der Waals surface area contributed by atoms with Gasteiger partial charge in [-0.25, -0.2) is 9.78 Å². The lowest BCUT2D eigenvalue weighted by atomic mass is 9.97. The molecule has 5 nitrogen and oxygen atoms in total. The van der Waals surface area contributed by atoms with Crippen molar-refractivity contribution in [2.45, 2.75) is 56.2 Å². The molecule has 108 valence electrons. The van der Waals surface area contributed by atoms with Crippen molar-refractivity contribution in [1.29, 1.82) is 0 Å². The van der Waals surface area contributed by atoms with Gasteiger partial charge < -0.3 is 14.6 Å². The highest BCUT2D eigenvalue weighted by Crippen LogP contribution is 2.43. The Kier molecular flexibility index (Phi) is 3.91. The summed E-state index contributed by atoms with van der Waals surface area (Å²) in [7, 11) is 1.47. The van der Waals surface area contributed by atoms with Crippen molar-refractivity contribution in [3.05, 3.63) is 12.2 Å². The topological polar surface area (TPSA) is 60.5 Å². The van der Waals surface area contributed by atoms with E-state index >= 15 is 0 Å². The number of rotatable bonds is 6. The van der Waals surface area contributed by atoms with E-state index in [4.69, 9.17) is 14.4 Å². The van der Waals surface area contributed by atoms with Crippen molar-refractivity contribution in [2.75, 3.05) is 13.7 Å². The van der Waals surface area contributed by atoms with Crippen molar-refractivity contribution in [1.82, 2.24) is 0 Å². The molecule has 3 aliphatic rings. The Morgan fingerprint density at radius 2 is 2.05 bits per heavy atom. The van der Waals surface area contributed by atoms with E-state index in [1.54, 1.807) is 0 Å². The van der Waals surface area contributed by atoms with E-state index in [-0.39, 0.29) is 24.2 Å². The largest absolute Gasteiger partial charge is 0.390 e. The molecule has 0 radical (unpaired) electrons. The summed E-state index contributed by atoms with van der Waals surface area (Å²) in [6.45, 7) is 4.29. The Labute approximate surface area is 113 Å². The number of ether oxygens (including phenoxy) is 2. The molecule has 0 aromatic carbocycles. The molecule has 0 amide bonds. The lowest BCUT2D eigenvalue weighted by Crippen LogP contribution is -2.33. The van der Waals surface area contributed by atoms with Crippen LogP contribution in [0.1, 0.15) is 25.7 Å². The average Bonchev–Trinajstić information content (AvgIpc) is 2.96. The van der Waals surface area contributed by atoms with Crippen LogP contribution in [0, 0.1) is 5.92 Å². The van der Waals surface area contributed by atoms with Crippen molar-refractivity contribution in [3.8, 4) is 0 Å². The Balaban J connectivity index is 1.50. The monoisotopic (exact) mass is 270 g/mol. The molecule has 1 heterocycles. The summed E-state index contributed by atoms with van der Waals surface area (Å²) in [5.41, 5.74) is 0.868. The lowest BCUT2D eigenvalue weighted by molar-refractivity contribution is -0.266. The summed E-state index contributed by atoms with van der Waals surface area (Å²) in [6.07, 6.45) is 4.18. The van der Waals surface area contributed by atoms with E-state index in [0.29, 0.717) is 12.7 Å². The molecule has 0 bridgehead atoms. The van der Waals surface area contributed by atoms with Crippen LogP contribution in [-0.4, -0.2) is 49.3 Å². The van der Waals surface area contributed by atoms with Gasteiger partial charge in [0.2, 0.25) is 0 Å². The van der Waals surface area contributed by atoms with Gasteiger partial charge >= 0.3 is 0 Å². The normalized spacial score (nSPS) is 44.3. The molecule has 0 aromatic rings. The molecule has 3 fully saturated rings. The minimum absolute atomic E-state index is 0.0393. The highest BCUT2D eigenvalue weighted by atomic mass is 17.2. The Morgan fingerprint density at radius 1 is 1.26 bits per heavy atom. The molecule has 0 spiro atoms. The maximum absolute atomic E-state index is 10.4. The second kappa shape index (κ2) is 5.50. The maximum atomic E-state index is 10.4. The van der Waals surface area contributed by atoms with Crippen LogP contribution in [0.15, 0.2) is 12.2 Å². The number of fused-ring (bicyclic) bond motifs is 1. The maximum Gasteiger partial charge on any atom is 0.110 e. The third-order valence-electron chi connectivity index (χ3n) is 4.52. The third-order valence-corrected chi connectivity index (χ3v) is 4.52. The Bertz CT molecular complexity index is 345. The first-order chi connectivity index (χ1) is 9.20. The fourth-order valence-electron chi connectivity index (χ4n) is 3.36. The van der Waals surface area contributed by atoms with Crippen LogP contribution in [0.25, 0.3) is 0 Å². The van der Waals surface area contributed by atoms with Crippen molar-refractivity contribution in [3.63, 3.8) is 0 Å². The first-order valence-electron chi connectivity index (χ1n) is 7.03. The zero-order valence-corrected chi connectivity index (χ0v) is 11.3. The Morgan fingerprint density at radius 3 is 2.68 bits per heavy atom. The van der Waals surface area contributed by atoms with E-state index < -0.39 is 6.10 Å². The summed E-state index contributed by atoms with van der Waals surface area (Å²) in [4.78, 5) is 9.45. The van der Waals surface area contributed by atoms with Crippen LogP contribution in [0.2, 0.25) is 0 Å². The number of hydrogen-bond donors (Lipinski definition) is 1. The van der Waals surface area contributed by atoms with Crippen molar-refractivity contribution >= 4 is 0 Å². The van der Waals surface area contributed by atoms with Gasteiger partial charge in [0.1, 0.15) is 12.7 Å². The first kappa shape index (κ1) is 13.5. The zero-order valence-electron chi connectivity index (χ0n) is 11.3. The molecule has 5 heteroatoms. The quantitative estimate of drug-likeness (QED) is 0.340. The van der Waals surface area contributed by atoms with Crippen LogP contribution in [0.5, 0.6) is 0 Å². The van der Waals surface area contributed by atoms with Gasteiger partial charge in [0.15, 0.2) is 0 Å². The molecule has 1 aliphatic heterocycles. The van der Waals surface area contributed by atoms with Gasteiger partial charge in [-0.3, -0.25) is 0 Å². The molecule has 3 rings (SSSR count). The molecule has 19 heavy (non-hydrogen) atoms. The number of aliphatic hydroxyl groups is 1. The third kappa shape index (κ3) is 2.71. The van der Waals surface area contributed by atoms with Gasteiger partial charge in [0, 0.05) is 5.92 Å². The van der Waals surface area contributed by atoms with Gasteiger partial charge in [-0.15, -0.1) is 0 Å². The molecule has 0 aromatic heterocycles. The second-order valence-corrected chi connectivity index (χ2v) is 5.69. The number of epoxide rings is 1. The standard InChI is InChI=1S/C14H22O5/c1-8(7-17-16-2)9-3-4-10(13(9)15)18-11-5-6-12-14(11)19-12/h9-15H,1,3-7H2,2H3. The molecule has 6 atom stereocenters. The molecule has 6 unspecified atom stereocenters. The zero-order chi connectivity index (χ0) is 13.4. The minimum atomic E-state index is -0.495. The van der Waals surface area contributed by atoms with Crippen LogP contribution in [0.4, 0.5) is 0 Å². The predicted molar refractivity (Wildman–Crippen MR) is 67.4 cm³/mol. The van der Waals surface area contributed by atoms with E-state index in [0.717, 1.165) is 31.3 Å².